The van der Waals surface area contributed by atoms with Crippen molar-refractivity contribution in [3.63, 3.8) is 0 Å². The van der Waals surface area contributed by atoms with Gasteiger partial charge in [-0.1, -0.05) is 25.8 Å². The summed E-state index contributed by atoms with van der Waals surface area (Å²) < 4.78 is 0. The fourth-order valence-corrected chi connectivity index (χ4v) is 3.65. The Kier molecular flexibility index (Phi) is 2.47. The van der Waals surface area contributed by atoms with Crippen LogP contribution in [-0.4, -0.2) is 10.2 Å². The number of anilines is 1. The van der Waals surface area contributed by atoms with Gasteiger partial charge in [0.1, 0.15) is 0 Å². The normalized spacial score (nSPS) is 18.6. The first-order chi connectivity index (χ1) is 8.21. The average Bonchev–Trinajstić information content (AvgIpc) is 2.97. The molecule has 1 aliphatic rings. The highest BCUT2D eigenvalue weighted by Crippen LogP contribution is 2.45. The van der Waals surface area contributed by atoms with Gasteiger partial charge in [-0.15, -0.1) is 11.3 Å². The van der Waals surface area contributed by atoms with Crippen molar-refractivity contribution < 1.29 is 0 Å². The summed E-state index contributed by atoms with van der Waals surface area (Å²) in [6.45, 7) is 2.32. The number of hydrogen-bond donors (Lipinski definition) is 2. The molecule has 0 aromatic carbocycles. The maximum atomic E-state index is 6.02. The molecule has 90 valence electrons. The number of hydrogen-bond acceptors (Lipinski definition) is 3. The molecule has 0 amide bonds. The van der Waals surface area contributed by atoms with Crippen molar-refractivity contribution >= 4 is 17.2 Å². The topological polar surface area (TPSA) is 54.7 Å². The van der Waals surface area contributed by atoms with Gasteiger partial charge in [0.15, 0.2) is 5.82 Å². The number of aromatic nitrogens is 2. The van der Waals surface area contributed by atoms with E-state index in [9.17, 15) is 0 Å². The number of nitrogens with zero attached hydrogens (tertiary/aromatic N) is 1. The molecule has 2 aromatic heterocycles. The van der Waals surface area contributed by atoms with Crippen LogP contribution in [0.1, 0.15) is 38.3 Å². The van der Waals surface area contributed by atoms with Crippen LogP contribution in [0.2, 0.25) is 0 Å². The molecule has 0 atom stereocenters. The molecule has 0 spiro atoms. The second-order valence-corrected chi connectivity index (χ2v) is 6.05. The molecule has 17 heavy (non-hydrogen) atoms. The van der Waals surface area contributed by atoms with Crippen molar-refractivity contribution in [2.24, 2.45) is 0 Å². The Morgan fingerprint density at radius 2 is 2.18 bits per heavy atom. The number of nitrogen functional groups attached to an aromatic ring is 1. The summed E-state index contributed by atoms with van der Waals surface area (Å²) in [5, 5.41) is 9.48. The Morgan fingerprint density at radius 1 is 1.41 bits per heavy atom. The molecule has 0 saturated heterocycles. The molecule has 3 rings (SSSR count). The zero-order valence-electron chi connectivity index (χ0n) is 9.99. The van der Waals surface area contributed by atoms with Crippen LogP contribution in [0.4, 0.5) is 5.82 Å². The summed E-state index contributed by atoms with van der Waals surface area (Å²) in [6.07, 6.45) is 5.07. The quantitative estimate of drug-likeness (QED) is 0.852. The average molecular weight is 247 g/mol. The minimum absolute atomic E-state index is 0.226. The first-order valence-corrected chi connectivity index (χ1v) is 6.97. The Bertz CT molecular complexity index is 507. The molecule has 0 unspecified atom stereocenters. The zero-order chi connectivity index (χ0) is 11.9. The molecule has 2 heterocycles. The van der Waals surface area contributed by atoms with Crippen LogP contribution < -0.4 is 5.73 Å². The summed E-state index contributed by atoms with van der Waals surface area (Å²) >= 11 is 1.73. The van der Waals surface area contributed by atoms with E-state index >= 15 is 0 Å². The van der Waals surface area contributed by atoms with Gasteiger partial charge in [-0.05, 0) is 24.3 Å². The van der Waals surface area contributed by atoms with Crippen LogP contribution >= 0.6 is 11.3 Å². The van der Waals surface area contributed by atoms with Crippen molar-refractivity contribution in [2.45, 2.75) is 38.0 Å². The van der Waals surface area contributed by atoms with Crippen LogP contribution in [0, 0.1) is 0 Å². The van der Waals surface area contributed by atoms with Gasteiger partial charge in [0.25, 0.3) is 0 Å². The second kappa shape index (κ2) is 3.88. The third-order valence-corrected chi connectivity index (χ3v) is 4.76. The van der Waals surface area contributed by atoms with Gasteiger partial charge in [0.05, 0.1) is 11.3 Å². The van der Waals surface area contributed by atoms with Crippen molar-refractivity contribution in [3.05, 3.63) is 23.2 Å². The summed E-state index contributed by atoms with van der Waals surface area (Å²) in [7, 11) is 0. The van der Waals surface area contributed by atoms with E-state index in [1.807, 2.05) is 0 Å². The number of thiophene rings is 1. The van der Waals surface area contributed by atoms with E-state index in [-0.39, 0.29) is 5.41 Å². The highest BCUT2D eigenvalue weighted by atomic mass is 32.1. The summed E-state index contributed by atoms with van der Waals surface area (Å²) in [6, 6.07) is 4.18. The van der Waals surface area contributed by atoms with E-state index in [2.05, 4.69) is 34.6 Å². The SMILES string of the molecule is CC1(c2[nH]nc(N)c2-c2cccs2)CCCC1. The molecule has 0 bridgehead atoms. The largest absolute Gasteiger partial charge is 0.382 e. The molecule has 0 aliphatic heterocycles. The summed E-state index contributed by atoms with van der Waals surface area (Å²) in [5.74, 6) is 0.635. The number of H-pyrrole nitrogens is 1. The van der Waals surface area contributed by atoms with Gasteiger partial charge in [-0.25, -0.2) is 0 Å². The monoisotopic (exact) mass is 247 g/mol. The second-order valence-electron chi connectivity index (χ2n) is 5.10. The zero-order valence-corrected chi connectivity index (χ0v) is 10.8. The van der Waals surface area contributed by atoms with E-state index in [1.54, 1.807) is 11.3 Å². The number of aromatic amines is 1. The van der Waals surface area contributed by atoms with Crippen LogP contribution in [-0.2, 0) is 5.41 Å². The maximum absolute atomic E-state index is 6.02. The number of rotatable bonds is 2. The van der Waals surface area contributed by atoms with Crippen LogP contribution in [0.5, 0.6) is 0 Å². The van der Waals surface area contributed by atoms with Crippen LogP contribution in [0.25, 0.3) is 10.4 Å². The van der Waals surface area contributed by atoms with E-state index < -0.39 is 0 Å². The molecular formula is C13H17N3S. The minimum atomic E-state index is 0.226. The molecule has 1 saturated carbocycles. The molecule has 2 aromatic rings. The first-order valence-electron chi connectivity index (χ1n) is 6.09. The van der Waals surface area contributed by atoms with E-state index in [0.29, 0.717) is 5.82 Å². The van der Waals surface area contributed by atoms with Gasteiger partial charge < -0.3 is 5.73 Å². The molecule has 4 heteroatoms. The molecular weight excluding hydrogens is 230 g/mol. The molecule has 1 aliphatic carbocycles. The van der Waals surface area contributed by atoms with Crippen molar-refractivity contribution in [1.29, 1.82) is 0 Å². The van der Waals surface area contributed by atoms with E-state index in [1.165, 1.54) is 36.3 Å². The van der Waals surface area contributed by atoms with E-state index in [0.717, 1.165) is 5.56 Å². The third kappa shape index (κ3) is 1.67. The summed E-state index contributed by atoms with van der Waals surface area (Å²) in [4.78, 5) is 1.22. The van der Waals surface area contributed by atoms with Crippen molar-refractivity contribution in [3.8, 4) is 10.4 Å². The maximum Gasteiger partial charge on any atom is 0.154 e. The highest BCUT2D eigenvalue weighted by Gasteiger charge is 2.35. The number of nitrogens with one attached hydrogen (secondary N) is 1. The lowest BCUT2D eigenvalue weighted by Crippen LogP contribution is -2.18. The Balaban J connectivity index is 2.12. The van der Waals surface area contributed by atoms with Gasteiger partial charge in [-0.3, -0.25) is 5.10 Å². The summed E-state index contributed by atoms with van der Waals surface area (Å²) in [5.41, 5.74) is 8.61. The first kappa shape index (κ1) is 10.8. The molecule has 3 N–H and O–H groups in total. The van der Waals surface area contributed by atoms with Crippen molar-refractivity contribution in [1.82, 2.24) is 10.2 Å². The Hall–Kier alpha value is -1.29. The number of nitrogens with two attached hydrogens (primary N) is 1. The van der Waals surface area contributed by atoms with Crippen LogP contribution in [0.3, 0.4) is 0 Å². The third-order valence-electron chi connectivity index (χ3n) is 3.87. The van der Waals surface area contributed by atoms with Gasteiger partial charge in [0, 0.05) is 10.3 Å². The lowest BCUT2D eigenvalue weighted by Gasteiger charge is -2.23. The predicted molar refractivity (Wildman–Crippen MR) is 72.1 cm³/mol. The van der Waals surface area contributed by atoms with Gasteiger partial charge in [-0.2, -0.15) is 5.10 Å². The fraction of sp³-hybridized carbons (Fsp3) is 0.462. The van der Waals surface area contributed by atoms with E-state index in [4.69, 9.17) is 5.73 Å². The highest BCUT2D eigenvalue weighted by molar-refractivity contribution is 7.13. The Morgan fingerprint density at radius 3 is 2.82 bits per heavy atom. The molecule has 3 nitrogen and oxygen atoms in total. The lowest BCUT2D eigenvalue weighted by molar-refractivity contribution is 0.476. The molecule has 1 fully saturated rings. The van der Waals surface area contributed by atoms with Gasteiger partial charge >= 0.3 is 0 Å². The minimum Gasteiger partial charge on any atom is -0.382 e. The van der Waals surface area contributed by atoms with Gasteiger partial charge in [0.2, 0.25) is 0 Å². The Labute approximate surface area is 105 Å². The molecule has 0 radical (unpaired) electrons. The van der Waals surface area contributed by atoms with Crippen LogP contribution in [0.15, 0.2) is 17.5 Å². The smallest absolute Gasteiger partial charge is 0.154 e. The lowest BCUT2D eigenvalue weighted by atomic mass is 9.83. The van der Waals surface area contributed by atoms with Crippen molar-refractivity contribution in [2.75, 3.05) is 5.73 Å². The standard InChI is InChI=1S/C13H17N3S/c1-13(6-2-3-7-13)11-10(12(14)16-15-11)9-5-4-8-17-9/h4-5,8H,2-3,6-7H2,1H3,(H3,14,15,16). The fourth-order valence-electron chi connectivity index (χ4n) is 2.87. The predicted octanol–water partition coefficient (Wildman–Crippen LogP) is 3.55.